The third-order valence-electron chi connectivity index (χ3n) is 4.31. The molecule has 0 atom stereocenters. The second kappa shape index (κ2) is 5.06. The standard InChI is InChI=1S/C20H14O4/c21-17-12-6-2-1-5-11(12)9-10-15(17)16-18(22)13-7-3-4-8-14(13)19(23)20(16)24/h1-10,21-24H. The molecule has 4 aromatic carbocycles. The van der Waals surface area contributed by atoms with Crippen molar-refractivity contribution in [3.05, 3.63) is 60.7 Å². The van der Waals surface area contributed by atoms with E-state index in [9.17, 15) is 20.4 Å². The maximum atomic E-state index is 10.6. The van der Waals surface area contributed by atoms with Gasteiger partial charge in [-0.05, 0) is 11.5 Å². The fourth-order valence-electron chi connectivity index (χ4n) is 3.10. The van der Waals surface area contributed by atoms with Gasteiger partial charge in [0, 0.05) is 21.7 Å². The Kier molecular flexibility index (Phi) is 3.00. The molecular weight excluding hydrogens is 304 g/mol. The van der Waals surface area contributed by atoms with Crippen LogP contribution >= 0.6 is 0 Å². The molecule has 0 fully saturated rings. The van der Waals surface area contributed by atoms with Crippen LogP contribution in [-0.2, 0) is 0 Å². The second-order valence-corrected chi connectivity index (χ2v) is 5.65. The molecule has 4 rings (SSSR count). The van der Waals surface area contributed by atoms with Crippen LogP contribution in [0.1, 0.15) is 0 Å². The molecule has 0 saturated carbocycles. The Labute approximate surface area is 137 Å². The maximum absolute atomic E-state index is 10.6. The maximum Gasteiger partial charge on any atom is 0.170 e. The summed E-state index contributed by atoms with van der Waals surface area (Å²) in [6, 6.07) is 17.3. The van der Waals surface area contributed by atoms with Crippen molar-refractivity contribution in [3.8, 4) is 34.1 Å². The highest BCUT2D eigenvalue weighted by Gasteiger charge is 2.22. The predicted molar refractivity (Wildman–Crippen MR) is 93.5 cm³/mol. The SMILES string of the molecule is Oc1c(-c2ccc3ccccc3c2O)c(O)c2ccccc2c1O. The van der Waals surface area contributed by atoms with Gasteiger partial charge in [-0.25, -0.2) is 0 Å². The number of phenolic OH excluding ortho intramolecular Hbond substituents is 4. The van der Waals surface area contributed by atoms with Crippen molar-refractivity contribution in [1.29, 1.82) is 0 Å². The van der Waals surface area contributed by atoms with Crippen molar-refractivity contribution in [1.82, 2.24) is 0 Å². The molecule has 0 radical (unpaired) electrons. The topological polar surface area (TPSA) is 80.9 Å². The van der Waals surface area contributed by atoms with Crippen LogP contribution in [-0.4, -0.2) is 20.4 Å². The predicted octanol–water partition coefficient (Wildman–Crippen LogP) is 4.48. The number of aromatic hydroxyl groups is 4. The molecular formula is C20H14O4. The lowest BCUT2D eigenvalue weighted by Gasteiger charge is -2.15. The number of phenols is 4. The number of hydrogen-bond donors (Lipinski definition) is 4. The molecule has 4 heteroatoms. The molecule has 0 aromatic heterocycles. The molecule has 0 aliphatic rings. The van der Waals surface area contributed by atoms with Gasteiger partial charge in [-0.15, -0.1) is 0 Å². The van der Waals surface area contributed by atoms with Gasteiger partial charge in [-0.1, -0.05) is 54.6 Å². The zero-order valence-electron chi connectivity index (χ0n) is 12.6. The summed E-state index contributed by atoms with van der Waals surface area (Å²) < 4.78 is 0. The molecule has 24 heavy (non-hydrogen) atoms. The van der Waals surface area contributed by atoms with Crippen LogP contribution in [0.2, 0.25) is 0 Å². The molecule has 0 aliphatic heterocycles. The normalized spacial score (nSPS) is 11.2. The van der Waals surface area contributed by atoms with Crippen LogP contribution in [0.25, 0.3) is 32.7 Å². The number of rotatable bonds is 1. The van der Waals surface area contributed by atoms with E-state index in [1.165, 1.54) is 0 Å². The van der Waals surface area contributed by atoms with Gasteiger partial charge in [-0.2, -0.15) is 0 Å². The van der Waals surface area contributed by atoms with E-state index in [-0.39, 0.29) is 28.4 Å². The van der Waals surface area contributed by atoms with Gasteiger partial charge in [0.15, 0.2) is 11.5 Å². The number of fused-ring (bicyclic) bond motifs is 2. The number of hydrogen-bond acceptors (Lipinski definition) is 4. The van der Waals surface area contributed by atoms with Gasteiger partial charge in [-0.3, -0.25) is 0 Å². The van der Waals surface area contributed by atoms with Crippen LogP contribution in [0.5, 0.6) is 23.0 Å². The molecule has 0 heterocycles. The first-order chi connectivity index (χ1) is 11.6. The summed E-state index contributed by atoms with van der Waals surface area (Å²) >= 11 is 0. The first-order valence-corrected chi connectivity index (χ1v) is 7.46. The van der Waals surface area contributed by atoms with Gasteiger partial charge in [0.2, 0.25) is 0 Å². The van der Waals surface area contributed by atoms with Crippen molar-refractivity contribution in [2.45, 2.75) is 0 Å². The van der Waals surface area contributed by atoms with E-state index >= 15 is 0 Å². The summed E-state index contributed by atoms with van der Waals surface area (Å²) in [5.74, 6) is -1.04. The highest BCUT2D eigenvalue weighted by atomic mass is 16.3. The van der Waals surface area contributed by atoms with E-state index in [0.717, 1.165) is 5.39 Å². The lowest BCUT2D eigenvalue weighted by atomic mass is 9.94. The molecule has 0 amide bonds. The molecule has 0 aliphatic carbocycles. The van der Waals surface area contributed by atoms with Crippen molar-refractivity contribution in [2.24, 2.45) is 0 Å². The molecule has 4 nitrogen and oxygen atoms in total. The van der Waals surface area contributed by atoms with Crippen LogP contribution in [0.4, 0.5) is 0 Å². The molecule has 4 aromatic rings. The average molecular weight is 318 g/mol. The van der Waals surface area contributed by atoms with E-state index in [4.69, 9.17) is 0 Å². The summed E-state index contributed by atoms with van der Waals surface area (Å²) in [5, 5.41) is 44.1. The largest absolute Gasteiger partial charge is 0.507 e. The molecule has 0 saturated heterocycles. The minimum atomic E-state index is -0.461. The Morgan fingerprint density at radius 3 is 1.75 bits per heavy atom. The zero-order chi connectivity index (χ0) is 16.8. The highest BCUT2D eigenvalue weighted by molar-refractivity contribution is 6.05. The van der Waals surface area contributed by atoms with Crippen molar-refractivity contribution < 1.29 is 20.4 Å². The monoisotopic (exact) mass is 318 g/mol. The van der Waals surface area contributed by atoms with Crippen LogP contribution < -0.4 is 0 Å². The van der Waals surface area contributed by atoms with Crippen LogP contribution in [0.15, 0.2) is 60.7 Å². The lowest BCUT2D eigenvalue weighted by Crippen LogP contribution is -1.87. The first-order valence-electron chi connectivity index (χ1n) is 7.46. The Hall–Kier alpha value is -3.40. The minimum Gasteiger partial charge on any atom is -0.507 e. The summed E-state index contributed by atoms with van der Waals surface area (Å²) in [7, 11) is 0. The van der Waals surface area contributed by atoms with Gasteiger partial charge >= 0.3 is 0 Å². The molecule has 0 bridgehead atoms. The van der Waals surface area contributed by atoms with Gasteiger partial charge in [0.1, 0.15) is 11.5 Å². The second-order valence-electron chi connectivity index (χ2n) is 5.65. The van der Waals surface area contributed by atoms with Crippen LogP contribution in [0, 0.1) is 0 Å². The third kappa shape index (κ3) is 1.86. The van der Waals surface area contributed by atoms with Gasteiger partial charge < -0.3 is 20.4 Å². The fraction of sp³-hybridized carbons (Fsp3) is 0. The fourth-order valence-corrected chi connectivity index (χ4v) is 3.10. The van der Waals surface area contributed by atoms with E-state index in [1.54, 1.807) is 48.5 Å². The van der Waals surface area contributed by atoms with Crippen molar-refractivity contribution >= 4 is 21.5 Å². The molecule has 0 unspecified atom stereocenters. The summed E-state index contributed by atoms with van der Waals surface area (Å²) in [4.78, 5) is 0. The summed E-state index contributed by atoms with van der Waals surface area (Å²) in [5.41, 5.74) is 0.263. The van der Waals surface area contributed by atoms with E-state index in [1.807, 2.05) is 12.1 Å². The molecule has 4 N–H and O–H groups in total. The minimum absolute atomic E-state index is 0.00875. The quantitative estimate of drug-likeness (QED) is 0.308. The summed E-state index contributed by atoms with van der Waals surface area (Å²) in [6.45, 7) is 0. The Morgan fingerprint density at radius 1 is 0.458 bits per heavy atom. The highest BCUT2D eigenvalue weighted by Crippen LogP contribution is 2.51. The van der Waals surface area contributed by atoms with Crippen molar-refractivity contribution in [2.75, 3.05) is 0 Å². The smallest absolute Gasteiger partial charge is 0.170 e. The van der Waals surface area contributed by atoms with Crippen molar-refractivity contribution in [3.63, 3.8) is 0 Å². The molecule has 0 spiro atoms. The summed E-state index contributed by atoms with van der Waals surface area (Å²) in [6.07, 6.45) is 0. The Bertz CT molecular complexity index is 1100. The average Bonchev–Trinajstić information content (AvgIpc) is 2.62. The first kappa shape index (κ1) is 14.2. The van der Waals surface area contributed by atoms with E-state index < -0.39 is 5.75 Å². The van der Waals surface area contributed by atoms with Crippen LogP contribution in [0.3, 0.4) is 0 Å². The van der Waals surface area contributed by atoms with Gasteiger partial charge in [0.25, 0.3) is 0 Å². The number of benzene rings is 4. The van der Waals surface area contributed by atoms with Gasteiger partial charge in [0.05, 0.1) is 5.56 Å². The third-order valence-corrected chi connectivity index (χ3v) is 4.31. The Balaban J connectivity index is 2.13. The lowest BCUT2D eigenvalue weighted by molar-refractivity contribution is 0.404. The zero-order valence-corrected chi connectivity index (χ0v) is 12.6. The van der Waals surface area contributed by atoms with E-state index in [2.05, 4.69) is 0 Å². The Morgan fingerprint density at radius 2 is 1.04 bits per heavy atom. The molecule has 118 valence electrons. The van der Waals surface area contributed by atoms with E-state index in [0.29, 0.717) is 16.2 Å².